The number of methoxy groups -OCH3 is 1. The van der Waals surface area contributed by atoms with E-state index in [0.717, 1.165) is 22.0 Å². The molecule has 0 bridgehead atoms. The largest absolute Gasteiger partial charge is 0.497 e. The zero-order chi connectivity index (χ0) is 21.3. The molecule has 2 aromatic carbocycles. The number of hydrogen-bond acceptors (Lipinski definition) is 3. The van der Waals surface area contributed by atoms with Gasteiger partial charge in [-0.25, -0.2) is 4.79 Å². The smallest absolute Gasteiger partial charge is 0.329 e. The topological polar surface area (TPSA) is 63.6 Å². The first-order valence-corrected chi connectivity index (χ1v) is 9.82. The number of rotatable bonds is 5. The molecule has 1 N–H and O–H groups in total. The van der Waals surface area contributed by atoms with Crippen molar-refractivity contribution in [2.45, 2.75) is 6.54 Å². The zero-order valence-corrected chi connectivity index (χ0v) is 17.4. The molecule has 6 nitrogen and oxygen atoms in total. The number of carbonyl (C=O) groups is 2. The van der Waals surface area contributed by atoms with Gasteiger partial charge >= 0.3 is 6.03 Å². The SMILES string of the molecule is COc1ccc(-n2cccc2/C=C2\NC(=O)N(Cc3ccc(Cl)c(Cl)c3)C2=O)cc1. The minimum Gasteiger partial charge on any atom is -0.497 e. The van der Waals surface area contributed by atoms with Gasteiger partial charge in [0.25, 0.3) is 5.91 Å². The van der Waals surface area contributed by atoms with Crippen LogP contribution < -0.4 is 10.1 Å². The van der Waals surface area contributed by atoms with Crippen molar-refractivity contribution in [3.63, 3.8) is 0 Å². The molecule has 4 rings (SSSR count). The van der Waals surface area contributed by atoms with Crippen LogP contribution in [-0.4, -0.2) is 28.5 Å². The molecule has 8 heteroatoms. The summed E-state index contributed by atoms with van der Waals surface area (Å²) in [6.45, 7) is 0.0956. The summed E-state index contributed by atoms with van der Waals surface area (Å²) < 4.78 is 7.10. The van der Waals surface area contributed by atoms with Crippen LogP contribution in [0.15, 0.2) is 66.5 Å². The molecule has 1 aliphatic heterocycles. The lowest BCUT2D eigenvalue weighted by Crippen LogP contribution is -2.30. The van der Waals surface area contributed by atoms with Crippen LogP contribution in [-0.2, 0) is 11.3 Å². The summed E-state index contributed by atoms with van der Waals surface area (Å²) in [6, 6.07) is 15.8. The number of nitrogens with one attached hydrogen (secondary N) is 1. The normalized spacial score (nSPS) is 15.0. The average molecular weight is 442 g/mol. The number of nitrogens with zero attached hydrogens (tertiary/aromatic N) is 2. The van der Waals surface area contributed by atoms with Gasteiger partial charge in [0.1, 0.15) is 11.4 Å². The molecular weight excluding hydrogens is 425 g/mol. The lowest BCUT2D eigenvalue weighted by Gasteiger charge is -2.12. The summed E-state index contributed by atoms with van der Waals surface area (Å²) in [7, 11) is 1.61. The van der Waals surface area contributed by atoms with Gasteiger partial charge in [-0.1, -0.05) is 29.3 Å². The highest BCUT2D eigenvalue weighted by Crippen LogP contribution is 2.25. The van der Waals surface area contributed by atoms with Gasteiger partial charge in [0.05, 0.1) is 23.7 Å². The van der Waals surface area contributed by atoms with E-state index in [1.165, 1.54) is 0 Å². The fraction of sp³-hybridized carbons (Fsp3) is 0.0909. The Morgan fingerprint density at radius 2 is 1.80 bits per heavy atom. The molecule has 3 aromatic rings. The second-order valence-corrected chi connectivity index (χ2v) is 7.44. The van der Waals surface area contributed by atoms with Crippen molar-refractivity contribution in [2.24, 2.45) is 0 Å². The first kappa shape index (κ1) is 20.1. The van der Waals surface area contributed by atoms with Crippen LogP contribution >= 0.6 is 23.2 Å². The summed E-state index contributed by atoms with van der Waals surface area (Å²) in [5.74, 6) is 0.343. The number of amides is 3. The number of benzene rings is 2. The lowest BCUT2D eigenvalue weighted by atomic mass is 10.2. The maximum absolute atomic E-state index is 12.8. The van der Waals surface area contributed by atoms with Gasteiger partial charge in [0.2, 0.25) is 0 Å². The Bertz CT molecular complexity index is 1150. The number of imide groups is 1. The highest BCUT2D eigenvalue weighted by atomic mass is 35.5. The summed E-state index contributed by atoms with van der Waals surface area (Å²) in [5, 5.41) is 3.43. The van der Waals surface area contributed by atoms with Crippen molar-refractivity contribution in [3.8, 4) is 11.4 Å². The van der Waals surface area contributed by atoms with Crippen LogP contribution in [0.5, 0.6) is 5.75 Å². The molecule has 1 aromatic heterocycles. The molecule has 30 heavy (non-hydrogen) atoms. The highest BCUT2D eigenvalue weighted by molar-refractivity contribution is 6.42. The Labute approximate surface area is 183 Å². The molecule has 2 heterocycles. The molecule has 0 atom stereocenters. The number of halogens is 2. The molecule has 0 aliphatic carbocycles. The number of urea groups is 1. The summed E-state index contributed by atoms with van der Waals surface area (Å²) >= 11 is 12.0. The van der Waals surface area contributed by atoms with Gasteiger partial charge in [-0.3, -0.25) is 9.69 Å². The maximum atomic E-state index is 12.8. The van der Waals surface area contributed by atoms with Crippen LogP contribution in [0.4, 0.5) is 4.79 Å². The molecule has 1 fully saturated rings. The number of carbonyl (C=O) groups excluding carboxylic acids is 2. The van der Waals surface area contributed by atoms with Crippen molar-refractivity contribution in [1.82, 2.24) is 14.8 Å². The van der Waals surface area contributed by atoms with Gasteiger partial charge in [-0.15, -0.1) is 0 Å². The monoisotopic (exact) mass is 441 g/mol. The van der Waals surface area contributed by atoms with Gasteiger partial charge in [-0.2, -0.15) is 0 Å². The number of aromatic nitrogens is 1. The Balaban J connectivity index is 1.58. The molecular formula is C22H17Cl2N3O3. The minimum atomic E-state index is -0.486. The second kappa shape index (κ2) is 8.26. The standard InChI is InChI=1S/C22H17Cl2N3O3/c1-30-17-7-5-15(6-8-17)26-10-2-3-16(26)12-20-21(28)27(22(29)25-20)13-14-4-9-18(23)19(24)11-14/h2-12H,13H2,1H3,(H,25,29)/b20-12-. The second-order valence-electron chi connectivity index (χ2n) is 6.63. The van der Waals surface area contributed by atoms with E-state index in [9.17, 15) is 9.59 Å². The predicted molar refractivity (Wildman–Crippen MR) is 116 cm³/mol. The molecule has 1 saturated heterocycles. The fourth-order valence-corrected chi connectivity index (χ4v) is 3.49. The first-order valence-electron chi connectivity index (χ1n) is 9.06. The van der Waals surface area contributed by atoms with E-state index in [0.29, 0.717) is 15.6 Å². The van der Waals surface area contributed by atoms with Crippen LogP contribution in [0.3, 0.4) is 0 Å². The van der Waals surface area contributed by atoms with E-state index in [1.54, 1.807) is 31.4 Å². The van der Waals surface area contributed by atoms with Crippen LogP contribution in [0.25, 0.3) is 11.8 Å². The molecule has 0 spiro atoms. The molecule has 0 radical (unpaired) electrons. The third kappa shape index (κ3) is 3.92. The fourth-order valence-electron chi connectivity index (χ4n) is 3.17. The third-order valence-electron chi connectivity index (χ3n) is 4.71. The van der Waals surface area contributed by atoms with Crippen molar-refractivity contribution in [1.29, 1.82) is 0 Å². The van der Waals surface area contributed by atoms with Crippen LogP contribution in [0, 0.1) is 0 Å². The zero-order valence-electron chi connectivity index (χ0n) is 15.9. The third-order valence-corrected chi connectivity index (χ3v) is 5.45. The molecule has 152 valence electrons. The lowest BCUT2D eigenvalue weighted by molar-refractivity contribution is -0.123. The summed E-state index contributed by atoms with van der Waals surface area (Å²) in [5.41, 5.74) is 2.56. The Kier molecular flexibility index (Phi) is 5.53. The Morgan fingerprint density at radius 3 is 2.50 bits per heavy atom. The first-order chi connectivity index (χ1) is 14.5. The minimum absolute atomic E-state index is 0.0956. The highest BCUT2D eigenvalue weighted by Gasteiger charge is 2.33. The van der Waals surface area contributed by atoms with Crippen molar-refractivity contribution >= 4 is 41.2 Å². The van der Waals surface area contributed by atoms with Crippen LogP contribution in [0.2, 0.25) is 10.0 Å². The van der Waals surface area contributed by atoms with E-state index in [1.807, 2.05) is 47.2 Å². The Hall–Kier alpha value is -3.22. The van der Waals surface area contributed by atoms with Gasteiger partial charge in [0.15, 0.2) is 0 Å². The van der Waals surface area contributed by atoms with E-state index < -0.39 is 11.9 Å². The van der Waals surface area contributed by atoms with E-state index in [-0.39, 0.29) is 12.2 Å². The van der Waals surface area contributed by atoms with E-state index >= 15 is 0 Å². The summed E-state index contributed by atoms with van der Waals surface area (Å²) in [4.78, 5) is 26.3. The molecule has 3 amide bonds. The quantitative estimate of drug-likeness (QED) is 0.452. The van der Waals surface area contributed by atoms with Crippen LogP contribution in [0.1, 0.15) is 11.3 Å². The number of ether oxygens (including phenoxy) is 1. The molecule has 0 unspecified atom stereocenters. The van der Waals surface area contributed by atoms with Crippen molar-refractivity contribution < 1.29 is 14.3 Å². The van der Waals surface area contributed by atoms with Gasteiger partial charge < -0.3 is 14.6 Å². The Morgan fingerprint density at radius 1 is 1.03 bits per heavy atom. The molecule has 1 aliphatic rings. The predicted octanol–water partition coefficient (Wildman–Crippen LogP) is 4.89. The van der Waals surface area contributed by atoms with E-state index in [2.05, 4.69) is 5.32 Å². The van der Waals surface area contributed by atoms with Gasteiger partial charge in [0, 0.05) is 17.6 Å². The number of hydrogen-bond donors (Lipinski definition) is 1. The van der Waals surface area contributed by atoms with Crippen molar-refractivity contribution in [3.05, 3.63) is 87.8 Å². The van der Waals surface area contributed by atoms with E-state index in [4.69, 9.17) is 27.9 Å². The average Bonchev–Trinajstić information content (AvgIpc) is 3.31. The summed E-state index contributed by atoms with van der Waals surface area (Å²) in [6.07, 6.45) is 3.53. The maximum Gasteiger partial charge on any atom is 0.329 e. The molecule has 0 saturated carbocycles. The van der Waals surface area contributed by atoms with Crippen molar-refractivity contribution in [2.75, 3.05) is 7.11 Å². The van der Waals surface area contributed by atoms with Gasteiger partial charge in [-0.05, 0) is 60.2 Å².